The van der Waals surface area contributed by atoms with Crippen LogP contribution in [0.5, 0.6) is 6.01 Å². The van der Waals surface area contributed by atoms with E-state index in [4.69, 9.17) is 14.7 Å². The zero-order valence-corrected chi connectivity index (χ0v) is 20.7. The fourth-order valence-electron chi connectivity index (χ4n) is 5.33. The Balaban J connectivity index is 1.44. The molecule has 4 aromatic rings. The summed E-state index contributed by atoms with van der Waals surface area (Å²) in [6, 6.07) is 16.3. The van der Waals surface area contributed by atoms with E-state index in [1.807, 2.05) is 42.5 Å². The number of nitrogens with one attached hydrogen (secondary N) is 1. The SMILES string of the molecule is CC1CNCCN1c1nc(OCC2CCCN2C)nc2nc(-c3ccc4ccccc4c3)c(F)cc12. The van der Waals surface area contributed by atoms with E-state index in [-0.39, 0.29) is 17.6 Å². The Morgan fingerprint density at radius 1 is 1.06 bits per heavy atom. The highest BCUT2D eigenvalue weighted by molar-refractivity contribution is 5.91. The lowest BCUT2D eigenvalue weighted by Gasteiger charge is -2.35. The molecule has 2 aliphatic rings. The zero-order valence-electron chi connectivity index (χ0n) is 20.7. The van der Waals surface area contributed by atoms with Crippen molar-refractivity contribution in [3.8, 4) is 17.3 Å². The topological polar surface area (TPSA) is 66.4 Å². The Morgan fingerprint density at radius 3 is 2.72 bits per heavy atom. The van der Waals surface area contributed by atoms with E-state index < -0.39 is 0 Å². The number of aromatic nitrogens is 3. The van der Waals surface area contributed by atoms with Crippen molar-refractivity contribution < 1.29 is 9.13 Å². The van der Waals surface area contributed by atoms with Gasteiger partial charge in [-0.3, -0.25) is 0 Å². The van der Waals surface area contributed by atoms with Gasteiger partial charge in [0.1, 0.15) is 23.9 Å². The van der Waals surface area contributed by atoms with Gasteiger partial charge in [0.15, 0.2) is 5.65 Å². The first kappa shape index (κ1) is 23.1. The molecule has 6 rings (SSSR count). The van der Waals surface area contributed by atoms with Gasteiger partial charge in [-0.05, 0) is 56.3 Å². The molecule has 0 amide bonds. The summed E-state index contributed by atoms with van der Waals surface area (Å²) in [6.07, 6.45) is 2.27. The molecule has 2 aromatic heterocycles. The van der Waals surface area contributed by atoms with E-state index in [1.54, 1.807) is 0 Å². The minimum Gasteiger partial charge on any atom is -0.462 e. The first-order valence-electron chi connectivity index (χ1n) is 12.7. The molecule has 0 bridgehead atoms. The first-order chi connectivity index (χ1) is 17.6. The molecule has 7 nitrogen and oxygen atoms in total. The number of rotatable bonds is 5. The summed E-state index contributed by atoms with van der Waals surface area (Å²) in [5.74, 6) is 0.298. The predicted molar refractivity (Wildman–Crippen MR) is 141 cm³/mol. The van der Waals surface area contributed by atoms with Crippen molar-refractivity contribution in [2.24, 2.45) is 0 Å². The maximum absolute atomic E-state index is 15.6. The van der Waals surface area contributed by atoms with Crippen LogP contribution < -0.4 is 15.0 Å². The largest absolute Gasteiger partial charge is 0.462 e. The predicted octanol–water partition coefficient (Wildman–Crippen LogP) is 4.26. The average Bonchev–Trinajstić information content (AvgIpc) is 3.31. The molecule has 2 fully saturated rings. The summed E-state index contributed by atoms with van der Waals surface area (Å²) in [5, 5.41) is 6.16. The van der Waals surface area contributed by atoms with Crippen LogP contribution in [-0.2, 0) is 0 Å². The second-order valence-corrected chi connectivity index (χ2v) is 9.92. The van der Waals surface area contributed by atoms with Crippen LogP contribution in [0.2, 0.25) is 0 Å². The number of benzene rings is 2. The van der Waals surface area contributed by atoms with Gasteiger partial charge in [-0.2, -0.15) is 9.97 Å². The second kappa shape index (κ2) is 9.59. The molecule has 2 aromatic carbocycles. The first-order valence-corrected chi connectivity index (χ1v) is 12.7. The Morgan fingerprint density at radius 2 is 1.92 bits per heavy atom. The Bertz CT molecular complexity index is 1410. The standard InChI is InChI=1S/C28H31FN6O/c1-18-16-30-11-13-35(18)27-23-15-24(29)25(21-10-9-19-6-3-4-7-20(19)14-21)31-26(23)32-28(33-27)36-17-22-8-5-12-34(22)2/h3-4,6-7,9-10,14-15,18,22,30H,5,8,11-13,16-17H2,1-2H3. The Hall–Kier alpha value is -3.36. The van der Waals surface area contributed by atoms with Crippen molar-refractivity contribution in [3.63, 3.8) is 0 Å². The van der Waals surface area contributed by atoms with Crippen LogP contribution in [0.4, 0.5) is 10.2 Å². The fourth-order valence-corrected chi connectivity index (χ4v) is 5.33. The minimum atomic E-state index is -0.383. The normalized spacial score (nSPS) is 20.9. The van der Waals surface area contributed by atoms with Gasteiger partial charge in [0.2, 0.25) is 0 Å². The molecule has 8 heteroatoms. The zero-order chi connectivity index (χ0) is 24.6. The molecule has 0 spiro atoms. The Kier molecular flexibility index (Phi) is 6.15. The number of nitrogens with zero attached hydrogens (tertiary/aromatic N) is 5. The fraction of sp³-hybridized carbons (Fsp3) is 0.393. The summed E-state index contributed by atoms with van der Waals surface area (Å²) in [4.78, 5) is 18.7. The molecule has 36 heavy (non-hydrogen) atoms. The molecule has 2 atom stereocenters. The smallest absolute Gasteiger partial charge is 0.320 e. The van der Waals surface area contributed by atoms with Gasteiger partial charge in [-0.25, -0.2) is 9.37 Å². The number of ether oxygens (including phenoxy) is 1. The van der Waals surface area contributed by atoms with E-state index >= 15 is 4.39 Å². The molecule has 2 aliphatic heterocycles. The number of likely N-dealkylation sites (N-methyl/N-ethyl adjacent to an activating group) is 1. The highest BCUT2D eigenvalue weighted by Gasteiger charge is 2.26. The molecule has 0 aliphatic carbocycles. The number of piperazine rings is 1. The number of hydrogen-bond acceptors (Lipinski definition) is 7. The molecule has 2 saturated heterocycles. The molecular weight excluding hydrogens is 455 g/mol. The molecular formula is C28H31FN6O. The lowest BCUT2D eigenvalue weighted by molar-refractivity contribution is 0.188. The van der Waals surface area contributed by atoms with Gasteiger partial charge in [0.05, 0.1) is 5.39 Å². The number of fused-ring (bicyclic) bond motifs is 2. The Labute approximate surface area is 210 Å². The molecule has 1 N–H and O–H groups in total. The van der Waals surface area contributed by atoms with Gasteiger partial charge in [-0.1, -0.05) is 36.4 Å². The number of likely N-dealkylation sites (tertiary alicyclic amines) is 1. The lowest BCUT2D eigenvalue weighted by atomic mass is 10.0. The van der Waals surface area contributed by atoms with Crippen molar-refractivity contribution in [1.29, 1.82) is 0 Å². The number of hydrogen-bond donors (Lipinski definition) is 1. The van der Waals surface area contributed by atoms with Crippen molar-refractivity contribution in [3.05, 3.63) is 54.3 Å². The van der Waals surface area contributed by atoms with E-state index in [2.05, 4.69) is 34.1 Å². The molecule has 2 unspecified atom stereocenters. The number of halogens is 1. The number of pyridine rings is 1. The monoisotopic (exact) mass is 486 g/mol. The molecule has 0 radical (unpaired) electrons. The number of anilines is 1. The summed E-state index contributed by atoms with van der Waals surface area (Å²) in [7, 11) is 2.12. The highest BCUT2D eigenvalue weighted by Crippen LogP contribution is 2.32. The summed E-state index contributed by atoms with van der Waals surface area (Å²) in [5.41, 5.74) is 1.46. The van der Waals surface area contributed by atoms with Gasteiger partial charge < -0.3 is 19.9 Å². The van der Waals surface area contributed by atoms with Gasteiger partial charge in [0.25, 0.3) is 0 Å². The van der Waals surface area contributed by atoms with E-state index in [9.17, 15) is 0 Å². The van der Waals surface area contributed by atoms with Crippen molar-refractivity contribution >= 4 is 27.6 Å². The maximum atomic E-state index is 15.6. The van der Waals surface area contributed by atoms with Gasteiger partial charge in [-0.15, -0.1) is 0 Å². The maximum Gasteiger partial charge on any atom is 0.320 e. The van der Waals surface area contributed by atoms with Crippen LogP contribution in [0.3, 0.4) is 0 Å². The third kappa shape index (κ3) is 4.35. The summed E-state index contributed by atoms with van der Waals surface area (Å²) >= 11 is 0. The van der Waals surface area contributed by atoms with E-state index in [0.717, 1.165) is 48.9 Å². The van der Waals surface area contributed by atoms with E-state index in [0.29, 0.717) is 35.5 Å². The van der Waals surface area contributed by atoms with E-state index in [1.165, 1.54) is 12.5 Å². The van der Waals surface area contributed by atoms with Crippen LogP contribution in [-0.4, -0.2) is 71.8 Å². The van der Waals surface area contributed by atoms with Crippen LogP contribution in [0.15, 0.2) is 48.5 Å². The van der Waals surface area contributed by atoms with Crippen LogP contribution in [0.25, 0.3) is 33.1 Å². The quantitative estimate of drug-likeness (QED) is 0.452. The van der Waals surface area contributed by atoms with Crippen LogP contribution in [0.1, 0.15) is 19.8 Å². The third-order valence-electron chi connectivity index (χ3n) is 7.47. The summed E-state index contributed by atoms with van der Waals surface area (Å²) in [6.45, 7) is 6.18. The molecule has 186 valence electrons. The van der Waals surface area contributed by atoms with Crippen molar-refractivity contribution in [1.82, 2.24) is 25.2 Å². The van der Waals surface area contributed by atoms with Gasteiger partial charge in [0, 0.05) is 37.3 Å². The lowest BCUT2D eigenvalue weighted by Crippen LogP contribution is -2.50. The minimum absolute atomic E-state index is 0.203. The van der Waals surface area contributed by atoms with Crippen molar-refractivity contribution in [2.75, 3.05) is 44.7 Å². The average molecular weight is 487 g/mol. The van der Waals surface area contributed by atoms with Crippen molar-refractivity contribution in [2.45, 2.75) is 31.8 Å². The van der Waals surface area contributed by atoms with Crippen LogP contribution >= 0.6 is 0 Å². The second-order valence-electron chi connectivity index (χ2n) is 9.92. The summed E-state index contributed by atoms with van der Waals surface area (Å²) < 4.78 is 21.7. The molecule has 4 heterocycles. The third-order valence-corrected chi connectivity index (χ3v) is 7.47. The highest BCUT2D eigenvalue weighted by atomic mass is 19.1. The molecule has 0 saturated carbocycles. The van der Waals surface area contributed by atoms with Crippen LogP contribution in [0, 0.1) is 5.82 Å². The van der Waals surface area contributed by atoms with Gasteiger partial charge >= 0.3 is 6.01 Å².